The van der Waals surface area contributed by atoms with Gasteiger partial charge in [-0.2, -0.15) is 0 Å². The van der Waals surface area contributed by atoms with E-state index in [0.29, 0.717) is 25.3 Å². The average Bonchev–Trinajstić information content (AvgIpc) is 2.43. The summed E-state index contributed by atoms with van der Waals surface area (Å²) in [6, 6.07) is 0. The Balaban J connectivity index is 2.67. The number of hydrogen-bond acceptors (Lipinski definition) is 6. The fraction of sp³-hybridized carbons (Fsp3) is 0.636. The Morgan fingerprint density at radius 1 is 1.26 bits per heavy atom. The molecule has 0 bridgehead atoms. The van der Waals surface area contributed by atoms with E-state index < -0.39 is 10.0 Å². The maximum Gasteiger partial charge on any atom is 0.245 e. The van der Waals surface area contributed by atoms with Crippen LogP contribution in [-0.2, 0) is 10.0 Å². The second kappa shape index (κ2) is 7.37. The highest BCUT2D eigenvalue weighted by Crippen LogP contribution is 2.13. The lowest BCUT2D eigenvalue weighted by atomic mass is 10.2. The second-order valence-electron chi connectivity index (χ2n) is 4.10. The molecule has 108 valence electrons. The molecule has 1 aromatic heterocycles. The van der Waals surface area contributed by atoms with Gasteiger partial charge in [0.1, 0.15) is 4.90 Å². The Morgan fingerprint density at radius 3 is 2.42 bits per heavy atom. The van der Waals surface area contributed by atoms with E-state index in [4.69, 9.17) is 5.11 Å². The minimum absolute atomic E-state index is 0.0798. The molecule has 19 heavy (non-hydrogen) atoms. The van der Waals surface area contributed by atoms with Gasteiger partial charge >= 0.3 is 0 Å². The Kier molecular flexibility index (Phi) is 6.13. The molecule has 0 aromatic carbocycles. The van der Waals surface area contributed by atoms with Gasteiger partial charge in [0.2, 0.25) is 16.0 Å². The zero-order chi connectivity index (χ0) is 14.3. The quantitative estimate of drug-likeness (QED) is 0.668. The number of aliphatic hydroxyl groups is 1. The van der Waals surface area contributed by atoms with E-state index in [2.05, 4.69) is 15.3 Å². The molecule has 2 N–H and O–H groups in total. The van der Waals surface area contributed by atoms with Crippen molar-refractivity contribution < 1.29 is 13.5 Å². The molecule has 0 fully saturated rings. The summed E-state index contributed by atoms with van der Waals surface area (Å²) in [4.78, 5) is 7.87. The molecule has 1 heterocycles. The lowest BCUT2D eigenvalue weighted by Gasteiger charge is -2.16. The predicted molar refractivity (Wildman–Crippen MR) is 72.3 cm³/mol. The maximum atomic E-state index is 12.2. The number of rotatable bonds is 8. The van der Waals surface area contributed by atoms with Gasteiger partial charge in [0.05, 0.1) is 12.4 Å². The molecule has 0 spiro atoms. The summed E-state index contributed by atoms with van der Waals surface area (Å²) in [5.74, 6) is 0.379. The van der Waals surface area contributed by atoms with Crippen LogP contribution in [0.25, 0.3) is 0 Å². The van der Waals surface area contributed by atoms with Crippen LogP contribution in [0, 0.1) is 0 Å². The molecule has 0 aliphatic carbocycles. The molecule has 0 radical (unpaired) electrons. The van der Waals surface area contributed by atoms with E-state index in [0.717, 1.165) is 6.42 Å². The molecular formula is C11H20N4O3S. The predicted octanol–water partition coefficient (Wildman–Crippen LogP) is 0.301. The molecule has 0 unspecified atom stereocenters. The molecule has 0 saturated heterocycles. The summed E-state index contributed by atoms with van der Waals surface area (Å²) in [7, 11) is -0.342. The topological polar surface area (TPSA) is 95.4 Å². The smallest absolute Gasteiger partial charge is 0.245 e. The highest BCUT2D eigenvalue weighted by Gasteiger charge is 2.21. The van der Waals surface area contributed by atoms with Gasteiger partial charge in [-0.3, -0.25) is 0 Å². The van der Waals surface area contributed by atoms with Gasteiger partial charge in [0.15, 0.2) is 0 Å². The Morgan fingerprint density at radius 2 is 1.89 bits per heavy atom. The van der Waals surface area contributed by atoms with Crippen molar-refractivity contribution in [2.45, 2.75) is 24.2 Å². The van der Waals surface area contributed by atoms with Crippen molar-refractivity contribution in [3.05, 3.63) is 12.4 Å². The molecular weight excluding hydrogens is 268 g/mol. The number of aliphatic hydroxyl groups excluding tert-OH is 1. The summed E-state index contributed by atoms with van der Waals surface area (Å²) in [6.07, 6.45) is 4.78. The number of sulfonamides is 1. The van der Waals surface area contributed by atoms with Crippen LogP contribution in [0.5, 0.6) is 0 Å². The molecule has 8 heteroatoms. The van der Waals surface area contributed by atoms with Gasteiger partial charge in [0.25, 0.3) is 0 Å². The first-order valence-corrected chi connectivity index (χ1v) is 7.53. The van der Waals surface area contributed by atoms with Crippen molar-refractivity contribution in [3.63, 3.8) is 0 Å². The number of anilines is 1. The molecule has 1 rings (SSSR count). The fourth-order valence-corrected chi connectivity index (χ4v) is 2.60. The van der Waals surface area contributed by atoms with Crippen LogP contribution in [0.2, 0.25) is 0 Å². The monoisotopic (exact) mass is 288 g/mol. The van der Waals surface area contributed by atoms with Gasteiger partial charge in [-0.1, -0.05) is 0 Å². The first kappa shape index (κ1) is 15.8. The third kappa shape index (κ3) is 4.41. The molecule has 0 aliphatic rings. The van der Waals surface area contributed by atoms with Crippen LogP contribution in [0.4, 0.5) is 5.95 Å². The van der Waals surface area contributed by atoms with Crippen LogP contribution < -0.4 is 5.32 Å². The third-order valence-corrected chi connectivity index (χ3v) is 4.50. The van der Waals surface area contributed by atoms with Crippen LogP contribution in [0.15, 0.2) is 17.3 Å². The summed E-state index contributed by atoms with van der Waals surface area (Å²) >= 11 is 0. The normalized spacial score (nSPS) is 11.8. The van der Waals surface area contributed by atoms with Gasteiger partial charge in [-0.05, 0) is 19.3 Å². The summed E-state index contributed by atoms with van der Waals surface area (Å²) in [6.45, 7) is 0.548. The third-order valence-electron chi connectivity index (χ3n) is 2.69. The molecule has 0 aliphatic heterocycles. The number of nitrogens with zero attached hydrogens (tertiary/aromatic N) is 3. The van der Waals surface area contributed by atoms with Gasteiger partial charge in [0, 0.05) is 27.2 Å². The zero-order valence-electron chi connectivity index (χ0n) is 11.2. The van der Waals surface area contributed by atoms with Gasteiger partial charge in [-0.25, -0.2) is 22.7 Å². The van der Waals surface area contributed by atoms with Crippen LogP contribution in [0.1, 0.15) is 19.3 Å². The number of unbranched alkanes of at least 4 members (excludes halogenated alkanes) is 2. The Bertz CT molecular complexity index is 475. The highest BCUT2D eigenvalue weighted by molar-refractivity contribution is 7.89. The lowest BCUT2D eigenvalue weighted by Crippen LogP contribution is -2.28. The minimum atomic E-state index is -3.53. The van der Waals surface area contributed by atoms with Gasteiger partial charge < -0.3 is 10.4 Å². The minimum Gasteiger partial charge on any atom is -0.396 e. The van der Waals surface area contributed by atoms with Crippen molar-refractivity contribution >= 4 is 16.0 Å². The van der Waals surface area contributed by atoms with E-state index in [1.165, 1.54) is 23.7 Å². The maximum absolute atomic E-state index is 12.2. The molecule has 0 saturated carbocycles. The van der Waals surface area contributed by atoms with Crippen molar-refractivity contribution in [2.24, 2.45) is 0 Å². The van der Waals surface area contributed by atoms with E-state index in [-0.39, 0.29) is 11.5 Å². The standard InChI is InChI=1S/C11H20N4O3S/c1-12-11-13-8-10(9-14-11)19(17,18)15(2)6-4-3-5-7-16/h8-9,16H,3-7H2,1-2H3,(H,12,13,14). The van der Waals surface area contributed by atoms with Crippen molar-refractivity contribution in [1.82, 2.24) is 14.3 Å². The highest BCUT2D eigenvalue weighted by atomic mass is 32.2. The van der Waals surface area contributed by atoms with Gasteiger partial charge in [-0.15, -0.1) is 0 Å². The van der Waals surface area contributed by atoms with E-state index in [1.54, 1.807) is 7.05 Å². The van der Waals surface area contributed by atoms with Crippen LogP contribution >= 0.6 is 0 Å². The largest absolute Gasteiger partial charge is 0.396 e. The Hall–Kier alpha value is -1.25. The molecule has 7 nitrogen and oxygen atoms in total. The lowest BCUT2D eigenvalue weighted by molar-refractivity contribution is 0.281. The second-order valence-corrected chi connectivity index (χ2v) is 6.15. The van der Waals surface area contributed by atoms with E-state index in [1.807, 2.05) is 0 Å². The average molecular weight is 288 g/mol. The van der Waals surface area contributed by atoms with Crippen LogP contribution in [0.3, 0.4) is 0 Å². The Labute approximate surface area is 113 Å². The SMILES string of the molecule is CNc1ncc(S(=O)(=O)N(C)CCCCCO)cn1. The zero-order valence-corrected chi connectivity index (χ0v) is 12.0. The summed E-state index contributed by atoms with van der Waals surface area (Å²) in [5.41, 5.74) is 0. The molecule has 0 atom stereocenters. The number of hydrogen-bond donors (Lipinski definition) is 2. The van der Waals surface area contributed by atoms with Crippen molar-refractivity contribution in [2.75, 3.05) is 32.6 Å². The number of aromatic nitrogens is 2. The number of nitrogens with one attached hydrogen (secondary N) is 1. The fourth-order valence-electron chi connectivity index (χ4n) is 1.50. The van der Waals surface area contributed by atoms with Crippen LogP contribution in [-0.4, -0.2) is 55.0 Å². The van der Waals surface area contributed by atoms with Crippen molar-refractivity contribution in [1.29, 1.82) is 0 Å². The summed E-state index contributed by atoms with van der Waals surface area (Å²) < 4.78 is 25.6. The van der Waals surface area contributed by atoms with E-state index in [9.17, 15) is 8.42 Å². The first-order valence-electron chi connectivity index (χ1n) is 6.09. The van der Waals surface area contributed by atoms with E-state index >= 15 is 0 Å². The van der Waals surface area contributed by atoms with Crippen molar-refractivity contribution in [3.8, 4) is 0 Å². The molecule has 0 amide bonds. The first-order chi connectivity index (χ1) is 9.02. The summed E-state index contributed by atoms with van der Waals surface area (Å²) in [5, 5.41) is 11.4. The molecule has 1 aromatic rings.